The van der Waals surface area contributed by atoms with Crippen molar-refractivity contribution in [2.45, 2.75) is 25.0 Å². The molecule has 0 spiro atoms. The lowest BCUT2D eigenvalue weighted by Gasteiger charge is -2.15. The van der Waals surface area contributed by atoms with Gasteiger partial charge in [0.25, 0.3) is 0 Å². The van der Waals surface area contributed by atoms with Gasteiger partial charge < -0.3 is 14.8 Å². The Hall–Kier alpha value is -0.900. The van der Waals surface area contributed by atoms with E-state index < -0.39 is 0 Å². The van der Waals surface area contributed by atoms with Crippen LogP contribution >= 0.6 is 0 Å². The molecule has 1 N–H and O–H groups in total. The molecule has 0 radical (unpaired) electrons. The van der Waals surface area contributed by atoms with E-state index in [9.17, 15) is 9.90 Å². The fourth-order valence-electron chi connectivity index (χ4n) is 2.38. The predicted octanol–water partition coefficient (Wildman–Crippen LogP) is -0.000500. The van der Waals surface area contributed by atoms with E-state index in [4.69, 9.17) is 4.74 Å². The molecule has 4 heteroatoms. The van der Waals surface area contributed by atoms with Crippen LogP contribution in [0.3, 0.4) is 0 Å². The normalized spacial score (nSPS) is 43.0. The highest BCUT2D eigenvalue weighted by molar-refractivity contribution is 5.72. The Kier molecular flexibility index (Phi) is 2.07. The van der Waals surface area contributed by atoms with Crippen molar-refractivity contribution in [3.05, 3.63) is 0 Å². The minimum absolute atomic E-state index is 0.0638. The van der Waals surface area contributed by atoms with Gasteiger partial charge in [-0.15, -0.1) is 0 Å². The summed E-state index contributed by atoms with van der Waals surface area (Å²) in [6, 6.07) is 0. The Labute approximate surface area is 76.6 Å². The van der Waals surface area contributed by atoms with Gasteiger partial charge in [-0.1, -0.05) is 0 Å². The fraction of sp³-hybridized carbons (Fsp3) is 0.778. The zero-order valence-corrected chi connectivity index (χ0v) is 7.35. The molecule has 2 fully saturated rings. The Balaban J connectivity index is 2.09. The number of rotatable bonds is 2. The molecular weight excluding hydrogens is 170 g/mol. The quantitative estimate of drug-likeness (QED) is 0.484. The number of ether oxygens (including phenoxy) is 1. The number of aliphatic imine (C=N–C) groups is 1. The zero-order chi connectivity index (χ0) is 9.42. The molecule has 4 nitrogen and oxygen atoms in total. The van der Waals surface area contributed by atoms with Crippen LogP contribution in [0, 0.1) is 11.8 Å². The number of hydrogen-bond acceptors (Lipinski definition) is 4. The number of aliphatic hydroxyl groups excluding tert-OH is 1. The molecule has 13 heavy (non-hydrogen) atoms. The minimum Gasteiger partial charge on any atom is -0.462 e. The number of hydrogen-bond donors (Lipinski definition) is 1. The van der Waals surface area contributed by atoms with Crippen LogP contribution in [0.25, 0.3) is 0 Å². The first-order valence-electron chi connectivity index (χ1n) is 4.52. The maximum absolute atomic E-state index is 11.0. The van der Waals surface area contributed by atoms with Gasteiger partial charge in [0.1, 0.15) is 6.10 Å². The van der Waals surface area contributed by atoms with Gasteiger partial charge in [-0.2, -0.15) is 0 Å². The summed E-state index contributed by atoms with van der Waals surface area (Å²) in [7, 11) is 0. The summed E-state index contributed by atoms with van der Waals surface area (Å²) < 4.78 is 5.07. The third kappa shape index (κ3) is 1.35. The van der Waals surface area contributed by atoms with Crippen LogP contribution in [0.15, 0.2) is 4.99 Å². The second-order valence-electron chi connectivity index (χ2n) is 3.77. The van der Waals surface area contributed by atoms with E-state index in [0.29, 0.717) is 19.4 Å². The van der Waals surface area contributed by atoms with Gasteiger partial charge in [-0.05, 0) is 6.72 Å². The van der Waals surface area contributed by atoms with Gasteiger partial charge in [0.15, 0.2) is 0 Å². The lowest BCUT2D eigenvalue weighted by molar-refractivity contribution is -0.141. The van der Waals surface area contributed by atoms with Gasteiger partial charge in [-0.25, -0.2) is 0 Å². The largest absolute Gasteiger partial charge is 0.462 e. The topological polar surface area (TPSA) is 58.9 Å². The standard InChI is InChI=1S/C9H13NO3/c1-10-4-6-5-2-9(12)13-8(5)3-7(6)11/h5-8,11H,1-4H2. The highest BCUT2D eigenvalue weighted by Crippen LogP contribution is 2.41. The molecule has 2 rings (SSSR count). The molecule has 0 bridgehead atoms. The first-order valence-corrected chi connectivity index (χ1v) is 4.52. The van der Waals surface area contributed by atoms with Crippen LogP contribution in [-0.2, 0) is 9.53 Å². The van der Waals surface area contributed by atoms with Crippen molar-refractivity contribution < 1.29 is 14.6 Å². The summed E-state index contributed by atoms with van der Waals surface area (Å²) in [6.45, 7) is 3.93. The maximum Gasteiger partial charge on any atom is 0.306 e. The van der Waals surface area contributed by atoms with Crippen molar-refractivity contribution >= 4 is 12.7 Å². The van der Waals surface area contributed by atoms with E-state index in [0.717, 1.165) is 0 Å². The molecule has 1 aliphatic heterocycles. The number of fused-ring (bicyclic) bond motifs is 1. The molecule has 0 amide bonds. The smallest absolute Gasteiger partial charge is 0.306 e. The molecule has 1 saturated carbocycles. The van der Waals surface area contributed by atoms with Crippen LogP contribution in [0.5, 0.6) is 0 Å². The van der Waals surface area contributed by atoms with Crippen LogP contribution < -0.4 is 0 Å². The Morgan fingerprint density at radius 2 is 2.46 bits per heavy atom. The van der Waals surface area contributed by atoms with Crippen molar-refractivity contribution in [2.24, 2.45) is 16.8 Å². The van der Waals surface area contributed by atoms with Crippen LogP contribution in [0.4, 0.5) is 0 Å². The Morgan fingerprint density at radius 1 is 1.69 bits per heavy atom. The predicted molar refractivity (Wildman–Crippen MR) is 46.5 cm³/mol. The fourth-order valence-corrected chi connectivity index (χ4v) is 2.38. The van der Waals surface area contributed by atoms with Crippen molar-refractivity contribution in [3.8, 4) is 0 Å². The van der Waals surface area contributed by atoms with Crippen molar-refractivity contribution in [3.63, 3.8) is 0 Å². The number of aliphatic hydroxyl groups is 1. The molecule has 1 saturated heterocycles. The van der Waals surface area contributed by atoms with E-state index in [1.807, 2.05) is 0 Å². The summed E-state index contributed by atoms with van der Waals surface area (Å²) in [5, 5.41) is 9.63. The van der Waals surface area contributed by atoms with E-state index in [-0.39, 0.29) is 30.0 Å². The van der Waals surface area contributed by atoms with Crippen LogP contribution in [0.2, 0.25) is 0 Å². The molecule has 4 atom stereocenters. The number of carbonyl (C=O) groups is 1. The van der Waals surface area contributed by atoms with Gasteiger partial charge in [0.05, 0.1) is 12.5 Å². The number of carbonyl (C=O) groups excluding carboxylic acids is 1. The summed E-state index contributed by atoms with van der Waals surface area (Å²) in [5.74, 6) is 0.0814. The van der Waals surface area contributed by atoms with E-state index >= 15 is 0 Å². The lowest BCUT2D eigenvalue weighted by Crippen LogP contribution is -2.22. The Morgan fingerprint density at radius 3 is 3.15 bits per heavy atom. The van der Waals surface area contributed by atoms with E-state index in [1.54, 1.807) is 0 Å². The first-order chi connectivity index (χ1) is 6.22. The molecule has 4 unspecified atom stereocenters. The maximum atomic E-state index is 11.0. The average molecular weight is 183 g/mol. The van der Waals surface area contributed by atoms with E-state index in [2.05, 4.69) is 11.7 Å². The highest BCUT2D eigenvalue weighted by Gasteiger charge is 2.49. The van der Waals surface area contributed by atoms with Crippen LogP contribution in [0.1, 0.15) is 12.8 Å². The second-order valence-corrected chi connectivity index (χ2v) is 3.77. The van der Waals surface area contributed by atoms with Gasteiger partial charge in [0.2, 0.25) is 0 Å². The van der Waals surface area contributed by atoms with Gasteiger partial charge in [-0.3, -0.25) is 4.79 Å². The van der Waals surface area contributed by atoms with Crippen molar-refractivity contribution in [1.82, 2.24) is 0 Å². The molecule has 72 valence electrons. The molecular formula is C9H13NO3. The second kappa shape index (κ2) is 3.10. The van der Waals surface area contributed by atoms with Gasteiger partial charge in [0, 0.05) is 24.8 Å². The van der Waals surface area contributed by atoms with E-state index in [1.165, 1.54) is 0 Å². The molecule has 0 aromatic carbocycles. The number of nitrogens with zero attached hydrogens (tertiary/aromatic N) is 1. The first kappa shape index (κ1) is 8.69. The highest BCUT2D eigenvalue weighted by atomic mass is 16.6. The Bertz CT molecular complexity index is 241. The summed E-state index contributed by atoms with van der Waals surface area (Å²) >= 11 is 0. The average Bonchev–Trinajstić information content (AvgIpc) is 2.52. The third-order valence-corrected chi connectivity index (χ3v) is 3.02. The molecule has 1 heterocycles. The molecule has 0 aromatic rings. The molecule has 1 aliphatic carbocycles. The van der Waals surface area contributed by atoms with Gasteiger partial charge >= 0.3 is 5.97 Å². The summed E-state index contributed by atoms with van der Waals surface area (Å²) in [4.78, 5) is 14.7. The zero-order valence-electron chi connectivity index (χ0n) is 7.35. The SMILES string of the molecule is C=NCC1C(O)CC2OC(=O)CC21. The number of esters is 1. The minimum atomic E-state index is -0.381. The summed E-state index contributed by atoms with van der Waals surface area (Å²) in [6.07, 6.45) is 0.543. The van der Waals surface area contributed by atoms with Crippen LogP contribution in [-0.4, -0.2) is 36.5 Å². The third-order valence-electron chi connectivity index (χ3n) is 3.02. The molecule has 2 aliphatic rings. The lowest BCUT2D eigenvalue weighted by atomic mass is 9.92. The van der Waals surface area contributed by atoms with Crippen molar-refractivity contribution in [2.75, 3.05) is 6.54 Å². The molecule has 0 aromatic heterocycles. The monoisotopic (exact) mass is 183 g/mol. The van der Waals surface area contributed by atoms with Crippen molar-refractivity contribution in [1.29, 1.82) is 0 Å². The summed E-state index contributed by atoms with van der Waals surface area (Å²) in [5.41, 5.74) is 0.